The summed E-state index contributed by atoms with van der Waals surface area (Å²) < 4.78 is 0. The van der Waals surface area contributed by atoms with Crippen molar-refractivity contribution in [1.82, 2.24) is 15.3 Å². The summed E-state index contributed by atoms with van der Waals surface area (Å²) in [6.07, 6.45) is 0. The van der Waals surface area contributed by atoms with Crippen molar-refractivity contribution in [2.45, 2.75) is 13.8 Å². The van der Waals surface area contributed by atoms with Gasteiger partial charge in [-0.2, -0.15) is 0 Å². The largest absolute Gasteiger partial charge is 0.396 e. The Morgan fingerprint density at radius 2 is 2.06 bits per heavy atom. The van der Waals surface area contributed by atoms with Crippen LogP contribution < -0.4 is 16.6 Å². The summed E-state index contributed by atoms with van der Waals surface area (Å²) in [5, 5.41) is 11.5. The van der Waals surface area contributed by atoms with Crippen molar-refractivity contribution >= 4 is 5.91 Å². The Hall–Kier alpha value is -1.89. The molecule has 1 heterocycles. The number of carbonyl (C=O) groups is 1. The van der Waals surface area contributed by atoms with Crippen molar-refractivity contribution in [3.63, 3.8) is 0 Å². The quantitative estimate of drug-likeness (QED) is 0.530. The van der Waals surface area contributed by atoms with E-state index < -0.39 is 22.6 Å². The lowest BCUT2D eigenvalue weighted by Crippen LogP contribution is -2.38. The van der Waals surface area contributed by atoms with E-state index in [4.69, 9.17) is 5.11 Å². The predicted molar refractivity (Wildman–Crippen MR) is 60.9 cm³/mol. The summed E-state index contributed by atoms with van der Waals surface area (Å²) in [4.78, 5) is 37.7. The molecule has 0 saturated heterocycles. The van der Waals surface area contributed by atoms with Crippen molar-refractivity contribution < 1.29 is 9.90 Å². The molecule has 94 valence electrons. The Labute approximate surface area is 96.9 Å². The van der Waals surface area contributed by atoms with E-state index in [9.17, 15) is 14.4 Å². The van der Waals surface area contributed by atoms with Gasteiger partial charge in [0.15, 0.2) is 0 Å². The van der Waals surface area contributed by atoms with Crippen molar-refractivity contribution in [2.75, 3.05) is 13.2 Å². The summed E-state index contributed by atoms with van der Waals surface area (Å²) in [7, 11) is 0. The predicted octanol–water partition coefficient (Wildman–Crippen LogP) is -1.19. The summed E-state index contributed by atoms with van der Waals surface area (Å²) in [5.41, 5.74) is -1.94. The number of nitrogens with one attached hydrogen (secondary N) is 3. The third kappa shape index (κ3) is 3.87. The fraction of sp³-hybridized carbons (Fsp3) is 0.500. The fourth-order valence-electron chi connectivity index (χ4n) is 1.06. The smallest absolute Gasteiger partial charge is 0.326 e. The molecule has 0 spiro atoms. The van der Waals surface area contributed by atoms with Crippen LogP contribution in [-0.4, -0.2) is 34.1 Å². The van der Waals surface area contributed by atoms with E-state index in [0.29, 0.717) is 0 Å². The number of rotatable bonds is 4. The van der Waals surface area contributed by atoms with Gasteiger partial charge in [-0.15, -0.1) is 0 Å². The van der Waals surface area contributed by atoms with E-state index in [1.807, 2.05) is 4.98 Å². The maximum Gasteiger partial charge on any atom is 0.326 e. The summed E-state index contributed by atoms with van der Waals surface area (Å²) >= 11 is 0. The van der Waals surface area contributed by atoms with Crippen LogP contribution in [0.1, 0.15) is 24.3 Å². The fourth-order valence-corrected chi connectivity index (χ4v) is 1.06. The molecule has 0 aromatic carbocycles. The number of aliphatic hydroxyl groups excluding tert-OH is 1. The minimum absolute atomic E-state index is 0.0842. The van der Waals surface area contributed by atoms with Gasteiger partial charge in [0.25, 0.3) is 11.5 Å². The lowest BCUT2D eigenvalue weighted by molar-refractivity contribution is 0.0905. The van der Waals surface area contributed by atoms with Gasteiger partial charge < -0.3 is 15.4 Å². The van der Waals surface area contributed by atoms with Gasteiger partial charge in [0.05, 0.1) is 0 Å². The summed E-state index contributed by atoms with van der Waals surface area (Å²) in [6, 6.07) is 1.00. The number of carbonyl (C=O) groups excluding carboxylic acids is 1. The summed E-state index contributed by atoms with van der Waals surface area (Å²) in [6.45, 7) is 3.69. The Morgan fingerprint density at radius 1 is 1.41 bits per heavy atom. The second-order valence-corrected chi connectivity index (χ2v) is 4.51. The maximum atomic E-state index is 11.6. The number of hydrogen-bond donors (Lipinski definition) is 4. The highest BCUT2D eigenvalue weighted by molar-refractivity contribution is 5.92. The van der Waals surface area contributed by atoms with Gasteiger partial charge >= 0.3 is 5.69 Å². The van der Waals surface area contributed by atoms with Crippen LogP contribution in [0.15, 0.2) is 15.7 Å². The molecule has 1 aromatic rings. The zero-order chi connectivity index (χ0) is 13.1. The van der Waals surface area contributed by atoms with E-state index >= 15 is 0 Å². The van der Waals surface area contributed by atoms with Crippen molar-refractivity contribution in [3.05, 3.63) is 32.6 Å². The van der Waals surface area contributed by atoms with E-state index in [0.717, 1.165) is 6.07 Å². The number of H-pyrrole nitrogens is 2. The topological polar surface area (TPSA) is 115 Å². The van der Waals surface area contributed by atoms with Crippen LogP contribution in [0, 0.1) is 5.41 Å². The molecule has 0 fully saturated rings. The maximum absolute atomic E-state index is 11.6. The second-order valence-electron chi connectivity index (χ2n) is 4.51. The van der Waals surface area contributed by atoms with Crippen LogP contribution in [0.3, 0.4) is 0 Å². The van der Waals surface area contributed by atoms with Gasteiger partial charge in [-0.1, -0.05) is 13.8 Å². The zero-order valence-corrected chi connectivity index (χ0v) is 9.66. The van der Waals surface area contributed by atoms with Gasteiger partial charge in [-0.25, -0.2) is 4.79 Å². The van der Waals surface area contributed by atoms with Crippen LogP contribution >= 0.6 is 0 Å². The van der Waals surface area contributed by atoms with Gasteiger partial charge in [0.1, 0.15) is 5.69 Å². The Morgan fingerprint density at radius 3 is 2.59 bits per heavy atom. The molecule has 7 nitrogen and oxygen atoms in total. The van der Waals surface area contributed by atoms with Crippen LogP contribution in [0.5, 0.6) is 0 Å². The molecule has 0 atom stereocenters. The SMILES string of the molecule is CC(C)(CO)CNC(=O)c1cc(=O)[nH]c(=O)[nH]1. The molecule has 7 heteroatoms. The zero-order valence-electron chi connectivity index (χ0n) is 9.66. The first kappa shape index (κ1) is 13.2. The lowest BCUT2D eigenvalue weighted by atomic mass is 9.95. The monoisotopic (exact) mass is 241 g/mol. The molecule has 1 amide bonds. The van der Waals surface area contributed by atoms with Gasteiger partial charge in [0, 0.05) is 24.6 Å². The highest BCUT2D eigenvalue weighted by Gasteiger charge is 2.18. The molecule has 0 bridgehead atoms. The average molecular weight is 241 g/mol. The highest BCUT2D eigenvalue weighted by Crippen LogP contribution is 2.11. The molecule has 1 aromatic heterocycles. The molecule has 0 saturated carbocycles. The van der Waals surface area contributed by atoms with Crippen LogP contribution in [0.2, 0.25) is 0 Å². The first-order chi connectivity index (χ1) is 7.84. The van der Waals surface area contributed by atoms with Crippen molar-refractivity contribution in [2.24, 2.45) is 5.41 Å². The normalized spacial score (nSPS) is 11.2. The van der Waals surface area contributed by atoms with Crippen LogP contribution in [0.4, 0.5) is 0 Å². The molecule has 0 aliphatic heterocycles. The van der Waals surface area contributed by atoms with Gasteiger partial charge in [-0.05, 0) is 0 Å². The standard InChI is InChI=1S/C10H15N3O4/c1-10(2,5-14)4-11-8(16)6-3-7(15)13-9(17)12-6/h3,14H,4-5H2,1-2H3,(H,11,16)(H2,12,13,15,17). The molecule has 0 aliphatic rings. The van der Waals surface area contributed by atoms with Crippen LogP contribution in [-0.2, 0) is 0 Å². The van der Waals surface area contributed by atoms with Gasteiger partial charge in [-0.3, -0.25) is 14.6 Å². The average Bonchev–Trinajstić information content (AvgIpc) is 2.24. The molecule has 1 rings (SSSR count). The second kappa shape index (κ2) is 4.96. The Balaban J connectivity index is 2.77. The number of amides is 1. The number of hydrogen-bond acceptors (Lipinski definition) is 4. The molecular formula is C10H15N3O4. The van der Waals surface area contributed by atoms with Crippen molar-refractivity contribution in [3.8, 4) is 0 Å². The molecule has 4 N–H and O–H groups in total. The Kier molecular flexibility index (Phi) is 3.84. The van der Waals surface area contributed by atoms with E-state index in [1.54, 1.807) is 13.8 Å². The minimum atomic E-state index is -0.732. The highest BCUT2D eigenvalue weighted by atomic mass is 16.3. The lowest BCUT2D eigenvalue weighted by Gasteiger charge is -2.21. The molecule has 17 heavy (non-hydrogen) atoms. The summed E-state index contributed by atoms with van der Waals surface area (Å²) in [5.74, 6) is -0.560. The van der Waals surface area contributed by atoms with Gasteiger partial charge in [0.2, 0.25) is 0 Å². The third-order valence-corrected chi connectivity index (χ3v) is 2.16. The molecule has 0 unspecified atom stereocenters. The van der Waals surface area contributed by atoms with E-state index in [2.05, 4.69) is 10.3 Å². The number of aliphatic hydroxyl groups is 1. The molecular weight excluding hydrogens is 226 g/mol. The first-order valence-corrected chi connectivity index (χ1v) is 5.07. The number of aromatic amines is 2. The Bertz CT molecular complexity index is 487. The van der Waals surface area contributed by atoms with E-state index in [-0.39, 0.29) is 18.8 Å². The minimum Gasteiger partial charge on any atom is -0.396 e. The third-order valence-electron chi connectivity index (χ3n) is 2.16. The van der Waals surface area contributed by atoms with Crippen LogP contribution in [0.25, 0.3) is 0 Å². The van der Waals surface area contributed by atoms with Crippen molar-refractivity contribution in [1.29, 1.82) is 0 Å². The first-order valence-electron chi connectivity index (χ1n) is 5.07. The molecule has 0 radical (unpaired) electrons. The molecule has 0 aliphatic carbocycles. The van der Waals surface area contributed by atoms with E-state index in [1.165, 1.54) is 0 Å². The number of aromatic nitrogens is 2.